The molecule has 0 unspecified atom stereocenters. The van der Waals surface area contributed by atoms with Gasteiger partial charge in [0.1, 0.15) is 0 Å². The molecule has 0 saturated heterocycles. The van der Waals surface area contributed by atoms with E-state index < -0.39 is 0 Å². The second-order valence-electron chi connectivity index (χ2n) is 2.05. The third kappa shape index (κ3) is 3.47. The van der Waals surface area contributed by atoms with Crippen LogP contribution >= 0.6 is 34.7 Å². The van der Waals surface area contributed by atoms with Gasteiger partial charge >= 0.3 is 0 Å². The topological polar surface area (TPSA) is 26.0 Å². The number of halogens is 1. The predicted octanol–water partition coefficient (Wildman–Crippen LogP) is 2.59. The lowest BCUT2D eigenvalue weighted by atomic mass is 10.5. The van der Waals surface area contributed by atoms with Gasteiger partial charge in [-0.15, -0.1) is 11.3 Å². The van der Waals surface area contributed by atoms with E-state index in [0.717, 1.165) is 22.4 Å². The number of thioether (sulfide) groups is 1. The fraction of sp³-hybridized carbons (Fsp3) is 0.429. The zero-order valence-corrected chi connectivity index (χ0v) is 8.44. The van der Waals surface area contributed by atoms with Crippen molar-refractivity contribution in [2.45, 2.75) is 5.75 Å². The molecule has 0 aromatic carbocycles. The fourth-order valence-electron chi connectivity index (χ4n) is 0.685. The van der Waals surface area contributed by atoms with Crippen molar-refractivity contribution in [3.63, 3.8) is 0 Å². The molecule has 1 nitrogen and oxygen atoms in total. The molecule has 0 radical (unpaired) electrons. The molecule has 0 aliphatic carbocycles. The van der Waals surface area contributed by atoms with Crippen molar-refractivity contribution in [3.05, 3.63) is 21.3 Å². The molecule has 0 aliphatic heterocycles. The van der Waals surface area contributed by atoms with E-state index in [4.69, 9.17) is 17.3 Å². The van der Waals surface area contributed by atoms with Crippen molar-refractivity contribution >= 4 is 34.7 Å². The monoisotopic (exact) mass is 207 g/mol. The standard InChI is InChI=1S/C7H10ClNS2/c8-7-2-1-6(11-7)5-10-4-3-9/h1-2H,3-5,9H2. The Morgan fingerprint density at radius 3 is 2.91 bits per heavy atom. The van der Waals surface area contributed by atoms with Crippen molar-refractivity contribution in [3.8, 4) is 0 Å². The Hall–Kier alpha value is 0.300. The summed E-state index contributed by atoms with van der Waals surface area (Å²) in [7, 11) is 0. The van der Waals surface area contributed by atoms with Crippen LogP contribution < -0.4 is 5.73 Å². The van der Waals surface area contributed by atoms with Gasteiger partial charge in [0.15, 0.2) is 0 Å². The van der Waals surface area contributed by atoms with E-state index in [-0.39, 0.29) is 0 Å². The highest BCUT2D eigenvalue weighted by Gasteiger charge is 1.96. The Morgan fingerprint density at radius 2 is 2.36 bits per heavy atom. The van der Waals surface area contributed by atoms with E-state index in [9.17, 15) is 0 Å². The molecule has 0 fully saturated rings. The van der Waals surface area contributed by atoms with Crippen LogP contribution in [0.2, 0.25) is 4.34 Å². The highest BCUT2D eigenvalue weighted by atomic mass is 35.5. The maximum Gasteiger partial charge on any atom is 0.0931 e. The third-order valence-electron chi connectivity index (χ3n) is 1.14. The molecule has 1 rings (SSSR count). The van der Waals surface area contributed by atoms with Gasteiger partial charge in [-0.05, 0) is 12.1 Å². The van der Waals surface area contributed by atoms with Gasteiger partial charge in [-0.25, -0.2) is 0 Å². The normalized spacial score (nSPS) is 10.4. The first-order valence-corrected chi connectivity index (χ1v) is 5.70. The minimum Gasteiger partial charge on any atom is -0.330 e. The molecule has 2 N–H and O–H groups in total. The second-order valence-corrected chi connectivity index (χ2v) is 4.95. The largest absolute Gasteiger partial charge is 0.330 e. The average Bonchev–Trinajstić information content (AvgIpc) is 2.37. The first-order chi connectivity index (χ1) is 5.33. The molecule has 1 heterocycles. The van der Waals surface area contributed by atoms with E-state index in [2.05, 4.69) is 6.07 Å². The summed E-state index contributed by atoms with van der Waals surface area (Å²) >= 11 is 9.25. The number of nitrogens with two attached hydrogens (primary N) is 1. The van der Waals surface area contributed by atoms with Gasteiger partial charge in [-0.2, -0.15) is 11.8 Å². The summed E-state index contributed by atoms with van der Waals surface area (Å²) in [5, 5.41) is 0. The zero-order chi connectivity index (χ0) is 8.10. The quantitative estimate of drug-likeness (QED) is 0.769. The molecule has 11 heavy (non-hydrogen) atoms. The SMILES string of the molecule is NCCSCc1ccc(Cl)s1. The summed E-state index contributed by atoms with van der Waals surface area (Å²) in [6, 6.07) is 4.00. The van der Waals surface area contributed by atoms with Crippen molar-refractivity contribution in [1.29, 1.82) is 0 Å². The van der Waals surface area contributed by atoms with Gasteiger partial charge in [0.2, 0.25) is 0 Å². The number of hydrogen-bond acceptors (Lipinski definition) is 3. The van der Waals surface area contributed by atoms with Crippen molar-refractivity contribution < 1.29 is 0 Å². The van der Waals surface area contributed by atoms with Crippen LogP contribution in [0.3, 0.4) is 0 Å². The van der Waals surface area contributed by atoms with E-state index in [1.165, 1.54) is 4.88 Å². The third-order valence-corrected chi connectivity index (χ3v) is 3.59. The molecule has 0 saturated carbocycles. The van der Waals surface area contributed by atoms with Crippen molar-refractivity contribution in [2.24, 2.45) is 5.73 Å². The highest BCUT2D eigenvalue weighted by Crippen LogP contribution is 2.24. The Morgan fingerprint density at radius 1 is 1.55 bits per heavy atom. The van der Waals surface area contributed by atoms with Crippen LogP contribution in [0.25, 0.3) is 0 Å². The molecule has 0 amide bonds. The fourth-order valence-corrected chi connectivity index (χ4v) is 2.66. The molecule has 4 heteroatoms. The molecule has 0 bridgehead atoms. The van der Waals surface area contributed by atoms with E-state index in [1.54, 1.807) is 11.3 Å². The lowest BCUT2D eigenvalue weighted by Crippen LogP contribution is -2.00. The summed E-state index contributed by atoms with van der Waals surface area (Å²) in [6.07, 6.45) is 0. The second kappa shape index (κ2) is 5.04. The maximum absolute atomic E-state index is 5.76. The molecule has 62 valence electrons. The Balaban J connectivity index is 2.27. The van der Waals surface area contributed by atoms with Crippen LogP contribution in [0.1, 0.15) is 4.88 Å². The number of hydrogen-bond donors (Lipinski definition) is 1. The number of thiophene rings is 1. The molecular weight excluding hydrogens is 198 g/mol. The molecule has 0 spiro atoms. The highest BCUT2D eigenvalue weighted by molar-refractivity contribution is 7.98. The van der Waals surface area contributed by atoms with Crippen molar-refractivity contribution in [1.82, 2.24) is 0 Å². The van der Waals surface area contributed by atoms with E-state index in [0.29, 0.717) is 0 Å². The first-order valence-electron chi connectivity index (χ1n) is 3.35. The Bertz CT molecular complexity index is 212. The van der Waals surface area contributed by atoms with Gasteiger partial charge < -0.3 is 5.73 Å². The van der Waals surface area contributed by atoms with Crippen LogP contribution in [-0.4, -0.2) is 12.3 Å². The van der Waals surface area contributed by atoms with Gasteiger partial charge in [0.05, 0.1) is 4.34 Å². The molecular formula is C7H10ClNS2. The van der Waals surface area contributed by atoms with Crippen LogP contribution in [0.15, 0.2) is 12.1 Å². The molecule has 0 atom stereocenters. The number of rotatable bonds is 4. The van der Waals surface area contributed by atoms with Gasteiger partial charge in [0, 0.05) is 22.9 Å². The Kier molecular flexibility index (Phi) is 4.30. The average molecular weight is 208 g/mol. The summed E-state index contributed by atoms with van der Waals surface area (Å²) < 4.78 is 0.869. The molecule has 0 aliphatic rings. The summed E-state index contributed by atoms with van der Waals surface area (Å²) in [4.78, 5) is 1.33. The van der Waals surface area contributed by atoms with Crippen molar-refractivity contribution in [2.75, 3.05) is 12.3 Å². The van der Waals surface area contributed by atoms with Gasteiger partial charge in [0.25, 0.3) is 0 Å². The Labute approximate surface area is 79.9 Å². The zero-order valence-electron chi connectivity index (χ0n) is 6.05. The minimum atomic E-state index is 0.754. The van der Waals surface area contributed by atoms with E-state index >= 15 is 0 Å². The smallest absolute Gasteiger partial charge is 0.0931 e. The lowest BCUT2D eigenvalue weighted by molar-refractivity contribution is 1.15. The van der Waals surface area contributed by atoms with Gasteiger partial charge in [-0.1, -0.05) is 11.6 Å². The first kappa shape index (κ1) is 9.39. The van der Waals surface area contributed by atoms with Crippen LogP contribution in [0.5, 0.6) is 0 Å². The van der Waals surface area contributed by atoms with Crippen LogP contribution in [0.4, 0.5) is 0 Å². The van der Waals surface area contributed by atoms with E-state index in [1.807, 2.05) is 17.8 Å². The van der Waals surface area contributed by atoms with Crippen LogP contribution in [-0.2, 0) is 5.75 Å². The lowest BCUT2D eigenvalue weighted by Gasteiger charge is -1.94. The predicted molar refractivity (Wildman–Crippen MR) is 54.5 cm³/mol. The van der Waals surface area contributed by atoms with Crippen LogP contribution in [0, 0.1) is 0 Å². The minimum absolute atomic E-state index is 0.754. The maximum atomic E-state index is 5.76. The summed E-state index contributed by atoms with van der Waals surface area (Å²) in [6.45, 7) is 0.754. The summed E-state index contributed by atoms with van der Waals surface area (Å²) in [5.41, 5.74) is 5.35. The van der Waals surface area contributed by atoms with Gasteiger partial charge in [-0.3, -0.25) is 0 Å². The molecule has 1 aromatic heterocycles. The summed E-state index contributed by atoms with van der Waals surface area (Å²) in [5.74, 6) is 2.06. The molecule has 1 aromatic rings.